The summed E-state index contributed by atoms with van der Waals surface area (Å²) in [6.07, 6.45) is 2.46. The van der Waals surface area contributed by atoms with Crippen molar-refractivity contribution >= 4 is 0 Å². The number of nitrogens with zero attached hydrogens (tertiary/aromatic N) is 1. The smallest absolute Gasteiger partial charge is 0.0120 e. The second-order valence-corrected chi connectivity index (χ2v) is 4.61. The van der Waals surface area contributed by atoms with E-state index in [2.05, 4.69) is 24.2 Å². The van der Waals surface area contributed by atoms with Gasteiger partial charge in [-0.3, -0.25) is 0 Å². The Morgan fingerprint density at radius 3 is 2.71 bits per heavy atom. The number of nitrogens with one attached hydrogen (secondary N) is 1. The molecule has 1 aliphatic heterocycles. The molecule has 1 rings (SSSR count). The van der Waals surface area contributed by atoms with Crippen molar-refractivity contribution in [3.05, 3.63) is 0 Å². The molecule has 0 radical (unpaired) electrons. The van der Waals surface area contributed by atoms with E-state index in [0.29, 0.717) is 17.9 Å². The van der Waals surface area contributed by atoms with Crippen LogP contribution < -0.4 is 11.1 Å². The van der Waals surface area contributed by atoms with Crippen molar-refractivity contribution in [3.8, 4) is 0 Å². The first-order valence-electron chi connectivity index (χ1n) is 5.77. The van der Waals surface area contributed by atoms with E-state index in [9.17, 15) is 0 Å². The summed E-state index contributed by atoms with van der Waals surface area (Å²) in [7, 11) is 4.20. The van der Waals surface area contributed by atoms with E-state index in [4.69, 9.17) is 5.73 Å². The Bertz CT molecular complexity index is 157. The van der Waals surface area contributed by atoms with Gasteiger partial charge in [-0.15, -0.1) is 0 Å². The zero-order chi connectivity index (χ0) is 10.6. The number of nitrogens with two attached hydrogens (primary N) is 1. The second kappa shape index (κ2) is 5.69. The van der Waals surface area contributed by atoms with Gasteiger partial charge in [0.25, 0.3) is 0 Å². The Morgan fingerprint density at radius 1 is 1.57 bits per heavy atom. The maximum absolute atomic E-state index is 6.32. The number of rotatable bonds is 5. The highest BCUT2D eigenvalue weighted by Gasteiger charge is 2.29. The standard InChI is InChI=1S/C11H25N3/c1-4-9(7-13-2)11(12)10-5-6-14(3)8-10/h9-11,13H,4-8,12H2,1-3H3. The number of hydrogen-bond acceptors (Lipinski definition) is 3. The van der Waals surface area contributed by atoms with Crippen LogP contribution in [-0.2, 0) is 0 Å². The minimum Gasteiger partial charge on any atom is -0.327 e. The first-order valence-corrected chi connectivity index (χ1v) is 5.77. The average Bonchev–Trinajstić information content (AvgIpc) is 2.60. The average molecular weight is 199 g/mol. The molecule has 0 aromatic heterocycles. The number of likely N-dealkylation sites (tertiary alicyclic amines) is 1. The summed E-state index contributed by atoms with van der Waals surface area (Å²) in [4.78, 5) is 2.39. The Kier molecular flexibility index (Phi) is 4.85. The first kappa shape index (κ1) is 12.0. The molecular weight excluding hydrogens is 174 g/mol. The third kappa shape index (κ3) is 2.94. The fourth-order valence-electron chi connectivity index (χ4n) is 2.48. The third-order valence-corrected chi connectivity index (χ3v) is 3.51. The maximum Gasteiger partial charge on any atom is 0.0120 e. The molecule has 3 nitrogen and oxygen atoms in total. The third-order valence-electron chi connectivity index (χ3n) is 3.51. The van der Waals surface area contributed by atoms with Crippen molar-refractivity contribution in [3.63, 3.8) is 0 Å². The van der Waals surface area contributed by atoms with Gasteiger partial charge in [0.15, 0.2) is 0 Å². The lowest BCUT2D eigenvalue weighted by atomic mass is 9.86. The van der Waals surface area contributed by atoms with Gasteiger partial charge in [0, 0.05) is 12.6 Å². The highest BCUT2D eigenvalue weighted by atomic mass is 15.1. The lowest BCUT2D eigenvalue weighted by Crippen LogP contribution is -2.42. The van der Waals surface area contributed by atoms with E-state index in [1.54, 1.807) is 0 Å². The molecule has 0 aromatic rings. The molecule has 3 heteroatoms. The van der Waals surface area contributed by atoms with Gasteiger partial charge in [0.1, 0.15) is 0 Å². The molecule has 0 spiro atoms. The normalized spacial score (nSPS) is 27.9. The van der Waals surface area contributed by atoms with Crippen LogP contribution >= 0.6 is 0 Å². The van der Waals surface area contributed by atoms with Gasteiger partial charge in [-0.25, -0.2) is 0 Å². The van der Waals surface area contributed by atoms with Crippen LogP contribution in [0, 0.1) is 11.8 Å². The van der Waals surface area contributed by atoms with Gasteiger partial charge < -0.3 is 16.0 Å². The Labute approximate surface area is 88.0 Å². The van der Waals surface area contributed by atoms with Gasteiger partial charge in [0.05, 0.1) is 0 Å². The molecule has 3 N–H and O–H groups in total. The van der Waals surface area contributed by atoms with Crippen molar-refractivity contribution in [1.82, 2.24) is 10.2 Å². The highest BCUT2D eigenvalue weighted by Crippen LogP contribution is 2.22. The molecule has 0 saturated carbocycles. The second-order valence-electron chi connectivity index (χ2n) is 4.61. The number of hydrogen-bond donors (Lipinski definition) is 2. The quantitative estimate of drug-likeness (QED) is 0.678. The van der Waals surface area contributed by atoms with E-state index in [1.807, 2.05) is 7.05 Å². The van der Waals surface area contributed by atoms with Gasteiger partial charge in [0.2, 0.25) is 0 Å². The molecule has 1 fully saturated rings. The van der Waals surface area contributed by atoms with Crippen LogP contribution in [0.1, 0.15) is 19.8 Å². The fraction of sp³-hybridized carbons (Fsp3) is 1.00. The maximum atomic E-state index is 6.32. The van der Waals surface area contributed by atoms with Gasteiger partial charge in [-0.2, -0.15) is 0 Å². The molecule has 1 aliphatic rings. The van der Waals surface area contributed by atoms with Crippen LogP contribution in [0.2, 0.25) is 0 Å². The molecule has 0 aliphatic carbocycles. The molecule has 14 heavy (non-hydrogen) atoms. The van der Waals surface area contributed by atoms with Gasteiger partial charge >= 0.3 is 0 Å². The van der Waals surface area contributed by atoms with Crippen LogP contribution in [0.4, 0.5) is 0 Å². The zero-order valence-corrected chi connectivity index (χ0v) is 9.79. The predicted molar refractivity (Wildman–Crippen MR) is 61.3 cm³/mol. The summed E-state index contributed by atoms with van der Waals surface area (Å²) in [5, 5.41) is 3.24. The van der Waals surface area contributed by atoms with Crippen molar-refractivity contribution < 1.29 is 0 Å². The van der Waals surface area contributed by atoms with Crippen LogP contribution in [0.25, 0.3) is 0 Å². The summed E-state index contributed by atoms with van der Waals surface area (Å²) in [5.41, 5.74) is 6.32. The molecule has 0 aromatic carbocycles. The summed E-state index contributed by atoms with van der Waals surface area (Å²) >= 11 is 0. The summed E-state index contributed by atoms with van der Waals surface area (Å²) < 4.78 is 0. The van der Waals surface area contributed by atoms with Crippen molar-refractivity contribution in [2.24, 2.45) is 17.6 Å². The zero-order valence-electron chi connectivity index (χ0n) is 9.79. The van der Waals surface area contributed by atoms with E-state index in [1.165, 1.54) is 25.9 Å². The van der Waals surface area contributed by atoms with Gasteiger partial charge in [-0.1, -0.05) is 13.3 Å². The van der Waals surface area contributed by atoms with Gasteiger partial charge in [-0.05, 0) is 45.4 Å². The molecule has 0 bridgehead atoms. The molecule has 1 heterocycles. The largest absolute Gasteiger partial charge is 0.327 e. The molecular formula is C11H25N3. The van der Waals surface area contributed by atoms with E-state index < -0.39 is 0 Å². The highest BCUT2D eigenvalue weighted by molar-refractivity contribution is 4.86. The SMILES string of the molecule is CCC(CNC)C(N)C1CCN(C)C1. The Hall–Kier alpha value is -0.120. The minimum absolute atomic E-state index is 0.373. The van der Waals surface area contributed by atoms with Crippen molar-refractivity contribution in [1.29, 1.82) is 0 Å². The summed E-state index contributed by atoms with van der Waals surface area (Å²) in [6, 6.07) is 0.373. The van der Waals surface area contributed by atoms with Crippen LogP contribution in [0.15, 0.2) is 0 Å². The van der Waals surface area contributed by atoms with E-state index in [-0.39, 0.29) is 0 Å². The predicted octanol–water partition coefficient (Wildman–Crippen LogP) is 0.511. The lowest BCUT2D eigenvalue weighted by molar-refractivity contribution is 0.290. The van der Waals surface area contributed by atoms with Crippen molar-refractivity contribution in [2.45, 2.75) is 25.8 Å². The molecule has 3 atom stereocenters. The topological polar surface area (TPSA) is 41.3 Å². The van der Waals surface area contributed by atoms with E-state index >= 15 is 0 Å². The summed E-state index contributed by atoms with van der Waals surface area (Å²) in [6.45, 7) is 5.69. The summed E-state index contributed by atoms with van der Waals surface area (Å²) in [5.74, 6) is 1.34. The molecule has 84 valence electrons. The van der Waals surface area contributed by atoms with Crippen LogP contribution in [0.5, 0.6) is 0 Å². The first-order chi connectivity index (χ1) is 6.69. The van der Waals surface area contributed by atoms with Crippen molar-refractivity contribution in [2.75, 3.05) is 33.7 Å². The lowest BCUT2D eigenvalue weighted by Gasteiger charge is -2.27. The molecule has 1 saturated heterocycles. The molecule has 0 amide bonds. The Balaban J connectivity index is 2.41. The van der Waals surface area contributed by atoms with Crippen LogP contribution in [-0.4, -0.2) is 44.7 Å². The Morgan fingerprint density at radius 2 is 2.29 bits per heavy atom. The minimum atomic E-state index is 0.373. The molecule has 3 unspecified atom stereocenters. The van der Waals surface area contributed by atoms with Crippen LogP contribution in [0.3, 0.4) is 0 Å². The van der Waals surface area contributed by atoms with E-state index in [0.717, 1.165) is 6.54 Å². The monoisotopic (exact) mass is 199 g/mol. The fourth-order valence-corrected chi connectivity index (χ4v) is 2.48.